The number of hydrogen-bond donors (Lipinski definition) is 3. The number of cyclic esters (lactones) is 1. The molecule has 0 saturated carbocycles. The lowest BCUT2D eigenvalue weighted by Crippen LogP contribution is -2.63. The summed E-state index contributed by atoms with van der Waals surface area (Å²) in [5.74, 6) is -2.96. The van der Waals surface area contributed by atoms with Crippen LogP contribution in [0.3, 0.4) is 0 Å². The first-order valence-corrected chi connectivity index (χ1v) is 17.9. The summed E-state index contributed by atoms with van der Waals surface area (Å²) in [7, 11) is 1.55. The van der Waals surface area contributed by atoms with Crippen LogP contribution in [0.4, 0.5) is 0 Å². The molecular weight excluding hydrogens is 678 g/mol. The first-order chi connectivity index (χ1) is 24.4. The molecule has 0 aliphatic carbocycles. The van der Waals surface area contributed by atoms with Gasteiger partial charge >= 0.3 is 5.97 Å². The lowest BCUT2D eigenvalue weighted by Gasteiger charge is -2.42. The molecule has 0 radical (unpaired) electrons. The van der Waals surface area contributed by atoms with E-state index in [0.29, 0.717) is 37.9 Å². The first-order valence-electron chi connectivity index (χ1n) is 17.4. The number of benzene rings is 2. The Morgan fingerprint density at radius 1 is 1.10 bits per heavy atom. The van der Waals surface area contributed by atoms with Crippen molar-refractivity contribution in [3.05, 3.63) is 48.3 Å². The average Bonchev–Trinajstić information content (AvgIpc) is 3.50. The van der Waals surface area contributed by atoms with E-state index in [0.717, 1.165) is 22.2 Å². The van der Waals surface area contributed by atoms with Crippen LogP contribution in [0, 0.1) is 11.8 Å². The number of carbonyl (C=O) groups excluding carboxylic acids is 5. The number of aryl methyl sites for hydroxylation is 1. The number of alkyl halides is 1. The molecule has 4 heterocycles. The minimum absolute atomic E-state index is 0.00508. The Hall–Kier alpha value is -4.69. The van der Waals surface area contributed by atoms with E-state index >= 15 is 0 Å². The number of rotatable bonds is 6. The summed E-state index contributed by atoms with van der Waals surface area (Å²) in [5.41, 5.74) is 6.84. The molecule has 3 N–H and O–H groups in total. The van der Waals surface area contributed by atoms with Gasteiger partial charge in [0.05, 0.1) is 29.9 Å². The number of hydrazine groups is 1. The Morgan fingerprint density at radius 3 is 2.63 bits per heavy atom. The van der Waals surface area contributed by atoms with Gasteiger partial charge in [0.15, 0.2) is 0 Å². The smallest absolute Gasteiger partial charge is 0.324 e. The highest BCUT2D eigenvalue weighted by Crippen LogP contribution is 2.30. The molecule has 3 aliphatic heterocycles. The number of imidazole rings is 1. The van der Waals surface area contributed by atoms with Gasteiger partial charge in [0.25, 0.3) is 5.91 Å². The lowest BCUT2D eigenvalue weighted by atomic mass is 9.94. The Kier molecular flexibility index (Phi) is 10.8. The van der Waals surface area contributed by atoms with Gasteiger partial charge in [-0.1, -0.05) is 26.0 Å². The lowest BCUT2D eigenvalue weighted by molar-refractivity contribution is -0.153. The Labute approximate surface area is 301 Å². The van der Waals surface area contributed by atoms with Crippen LogP contribution in [0.1, 0.15) is 38.7 Å². The molecule has 3 aliphatic rings. The second-order valence-corrected chi connectivity index (χ2v) is 14.2. The summed E-state index contributed by atoms with van der Waals surface area (Å²) in [5, 5.41) is 15.1. The number of hydrogen-bond acceptors (Lipinski definition) is 9. The van der Waals surface area contributed by atoms with Crippen molar-refractivity contribution < 1.29 is 33.8 Å². The molecule has 3 atom stereocenters. The van der Waals surface area contributed by atoms with E-state index < -0.39 is 41.8 Å². The zero-order valence-corrected chi connectivity index (χ0v) is 29.8. The molecule has 2 saturated heterocycles. The number of carbonyl (C=O) groups is 5. The number of esters is 1. The average molecular weight is 722 g/mol. The van der Waals surface area contributed by atoms with Crippen LogP contribution < -0.4 is 10.7 Å². The van der Waals surface area contributed by atoms with Gasteiger partial charge in [0.2, 0.25) is 17.7 Å². The van der Waals surface area contributed by atoms with Gasteiger partial charge in [-0.2, -0.15) is 0 Å². The van der Waals surface area contributed by atoms with Crippen LogP contribution in [0.5, 0.6) is 5.75 Å². The summed E-state index contributed by atoms with van der Waals surface area (Å²) in [4.78, 5) is 74.2. The van der Waals surface area contributed by atoms with Crippen molar-refractivity contribution in [1.29, 1.82) is 0 Å². The van der Waals surface area contributed by atoms with E-state index in [1.54, 1.807) is 25.5 Å². The fourth-order valence-corrected chi connectivity index (χ4v) is 7.32. The number of nitrogens with zero attached hydrogens (tertiary/aromatic N) is 5. The number of ether oxygens (including phenoxy) is 1. The van der Waals surface area contributed by atoms with E-state index in [9.17, 15) is 29.1 Å². The third kappa shape index (κ3) is 7.81. The van der Waals surface area contributed by atoms with Gasteiger partial charge in [0, 0.05) is 39.6 Å². The molecule has 4 amide bonds. The maximum atomic E-state index is 14.3. The normalized spacial score (nSPS) is 20.7. The van der Waals surface area contributed by atoms with Gasteiger partial charge in [-0.3, -0.25) is 29.0 Å². The molecule has 0 spiro atoms. The van der Waals surface area contributed by atoms with Crippen LogP contribution in [0.15, 0.2) is 42.7 Å². The standard InChI is InChI=1S/C36H44ClN7O7/c1-21(2)32(41(3)34(48)25-18-43(19-25)31(46)17-37)33(47)39-29-14-22-12-24(15-26(45)13-22)23-7-8-27-30(16-23)42(20-38-27)9-5-11-51-36(50)28-6-4-10-44(40-28)35(29)49/h7-8,12-13,15-16,20-21,25,28-29,32,40,45H,4-6,9-11,14,17-19H2,1-3H3,(H,39,47)/t28-,29-,32-/m0/s1. The van der Waals surface area contributed by atoms with Crippen molar-refractivity contribution in [2.24, 2.45) is 11.8 Å². The van der Waals surface area contributed by atoms with E-state index in [1.165, 1.54) is 14.8 Å². The van der Waals surface area contributed by atoms with Gasteiger partial charge < -0.3 is 29.5 Å². The molecule has 15 heteroatoms. The number of nitrogens with one attached hydrogen (secondary N) is 2. The van der Waals surface area contributed by atoms with Gasteiger partial charge in [0.1, 0.15) is 29.8 Å². The third-order valence-electron chi connectivity index (χ3n) is 9.87. The highest BCUT2D eigenvalue weighted by molar-refractivity contribution is 6.27. The quantitative estimate of drug-likeness (QED) is 0.255. The van der Waals surface area contributed by atoms with Crippen LogP contribution in [0.2, 0.25) is 0 Å². The van der Waals surface area contributed by atoms with E-state index in [1.807, 2.05) is 42.7 Å². The van der Waals surface area contributed by atoms with E-state index in [4.69, 9.17) is 16.3 Å². The first kappa shape index (κ1) is 36.1. The highest BCUT2D eigenvalue weighted by atomic mass is 35.5. The molecule has 14 nitrogen and oxygen atoms in total. The second-order valence-electron chi connectivity index (χ2n) is 13.9. The molecule has 6 rings (SSSR count). The molecule has 0 unspecified atom stereocenters. The molecule has 2 fully saturated rings. The van der Waals surface area contributed by atoms with Crippen molar-refractivity contribution in [2.75, 3.05) is 39.2 Å². The summed E-state index contributed by atoms with van der Waals surface area (Å²) in [6.07, 6.45) is 3.33. The number of amides is 4. The zero-order chi connectivity index (χ0) is 36.4. The number of phenols is 1. The summed E-state index contributed by atoms with van der Waals surface area (Å²) in [6, 6.07) is 8.07. The number of phenolic OH excluding ortho intramolecular Hbond substituents is 1. The van der Waals surface area contributed by atoms with Crippen molar-refractivity contribution in [3.63, 3.8) is 0 Å². The molecule has 2 aromatic carbocycles. The number of fused-ring (bicyclic) bond motifs is 6. The third-order valence-corrected chi connectivity index (χ3v) is 10.1. The zero-order valence-electron chi connectivity index (χ0n) is 29.0. The minimum atomic E-state index is -1.12. The number of aromatic nitrogens is 2. The van der Waals surface area contributed by atoms with Crippen molar-refractivity contribution in [2.45, 2.75) is 64.2 Å². The maximum Gasteiger partial charge on any atom is 0.324 e. The van der Waals surface area contributed by atoms with Crippen molar-refractivity contribution >= 4 is 52.2 Å². The maximum absolute atomic E-state index is 14.3. The number of aromatic hydroxyl groups is 1. The fourth-order valence-electron chi connectivity index (χ4n) is 7.15. The van der Waals surface area contributed by atoms with Crippen LogP contribution >= 0.6 is 11.6 Å². The highest BCUT2D eigenvalue weighted by Gasteiger charge is 2.41. The number of likely N-dealkylation sites (N-methyl/N-ethyl adjacent to an activating group) is 1. The van der Waals surface area contributed by atoms with Crippen LogP contribution in [-0.4, -0.2) is 116 Å². The van der Waals surface area contributed by atoms with E-state index in [2.05, 4.69) is 15.7 Å². The predicted molar refractivity (Wildman–Crippen MR) is 188 cm³/mol. The molecule has 1 aromatic heterocycles. The largest absolute Gasteiger partial charge is 0.508 e. The molecule has 3 aromatic rings. The van der Waals surface area contributed by atoms with Gasteiger partial charge in [-0.05, 0) is 66.1 Å². The number of halogens is 1. The van der Waals surface area contributed by atoms with Crippen molar-refractivity contribution in [3.8, 4) is 16.9 Å². The molecule has 6 bridgehead atoms. The number of likely N-dealkylation sites (tertiary alicyclic amines) is 1. The SMILES string of the molecule is CC(C)[C@@H](C(=O)N[C@H]1Cc2cc(O)cc(c2)-c2ccc3ncn(c3c2)CCCOC(=O)[C@@H]2CCCN(N2)C1=O)N(C)C(=O)C1CN(C(=O)CCl)C1. The van der Waals surface area contributed by atoms with Crippen LogP contribution in [-0.2, 0) is 41.7 Å². The molecule has 272 valence electrons. The summed E-state index contributed by atoms with van der Waals surface area (Å²) < 4.78 is 7.60. The topological polar surface area (TPSA) is 166 Å². The Morgan fingerprint density at radius 2 is 1.88 bits per heavy atom. The van der Waals surface area contributed by atoms with Crippen LogP contribution in [0.25, 0.3) is 22.2 Å². The van der Waals surface area contributed by atoms with E-state index in [-0.39, 0.29) is 55.5 Å². The summed E-state index contributed by atoms with van der Waals surface area (Å²) in [6.45, 7) is 5.14. The summed E-state index contributed by atoms with van der Waals surface area (Å²) >= 11 is 5.67. The minimum Gasteiger partial charge on any atom is -0.508 e. The Bertz CT molecular complexity index is 1820. The van der Waals surface area contributed by atoms with Gasteiger partial charge in [-0.25, -0.2) is 10.4 Å². The second kappa shape index (κ2) is 15.3. The fraction of sp³-hybridized carbons (Fsp3) is 0.500. The monoisotopic (exact) mass is 721 g/mol. The molecular formula is C36H44ClN7O7. The Balaban J connectivity index is 1.31. The molecule has 51 heavy (non-hydrogen) atoms. The van der Waals surface area contributed by atoms with Gasteiger partial charge in [-0.15, -0.1) is 11.6 Å². The van der Waals surface area contributed by atoms with Crippen molar-refractivity contribution in [1.82, 2.24) is 35.1 Å². The predicted octanol–water partition coefficient (Wildman–Crippen LogP) is 2.06.